The lowest BCUT2D eigenvalue weighted by Gasteiger charge is -2.10. The fourth-order valence-electron chi connectivity index (χ4n) is 2.76. The summed E-state index contributed by atoms with van der Waals surface area (Å²) in [6.45, 7) is 2.30. The van der Waals surface area contributed by atoms with Crippen LogP contribution in [0, 0.1) is 0 Å². The number of amides is 1. The normalized spacial score (nSPS) is 11.2. The summed E-state index contributed by atoms with van der Waals surface area (Å²) < 4.78 is 41.0. The molecule has 0 heterocycles. The third-order valence-corrected chi connectivity index (χ3v) is 5.78. The van der Waals surface area contributed by atoms with E-state index >= 15 is 0 Å². The highest BCUT2D eigenvalue weighted by Crippen LogP contribution is 2.28. The SMILES string of the molecule is CCOc1ccc(C(=O)N/N=C/c2cc(Cl)ccc2OS(=O)(=O)c2ccccc2)cc1OC. The zero-order valence-electron chi connectivity index (χ0n) is 17.8. The van der Waals surface area contributed by atoms with Crippen molar-refractivity contribution >= 4 is 33.8 Å². The summed E-state index contributed by atoms with van der Waals surface area (Å²) in [5, 5.41) is 4.24. The Balaban J connectivity index is 1.78. The minimum Gasteiger partial charge on any atom is -0.493 e. The van der Waals surface area contributed by atoms with E-state index in [1.807, 2.05) is 6.92 Å². The van der Waals surface area contributed by atoms with Crippen LogP contribution in [0.15, 0.2) is 76.7 Å². The second-order valence-electron chi connectivity index (χ2n) is 6.53. The number of benzene rings is 3. The number of hydrogen-bond acceptors (Lipinski definition) is 7. The monoisotopic (exact) mass is 488 g/mol. The zero-order valence-corrected chi connectivity index (χ0v) is 19.4. The predicted molar refractivity (Wildman–Crippen MR) is 125 cm³/mol. The maximum Gasteiger partial charge on any atom is 0.339 e. The molecule has 0 fully saturated rings. The first-order valence-electron chi connectivity index (χ1n) is 9.77. The van der Waals surface area contributed by atoms with Crippen LogP contribution in [0.2, 0.25) is 5.02 Å². The standard InChI is InChI=1S/C23H21ClN2O6S/c1-3-31-21-11-9-16(14-22(21)30-2)23(27)26-25-15-17-13-18(24)10-12-20(17)32-33(28,29)19-7-5-4-6-8-19/h4-15H,3H2,1-2H3,(H,26,27)/b25-15+. The number of carbonyl (C=O) groups is 1. The molecule has 0 aliphatic rings. The molecule has 0 saturated heterocycles. The molecule has 0 unspecified atom stereocenters. The summed E-state index contributed by atoms with van der Waals surface area (Å²) in [7, 11) is -2.59. The predicted octanol–water partition coefficient (Wildman–Crippen LogP) is 4.28. The minimum absolute atomic E-state index is 0.000545. The number of hydrogen-bond donors (Lipinski definition) is 1. The van der Waals surface area contributed by atoms with Crippen molar-refractivity contribution in [2.75, 3.05) is 13.7 Å². The molecular formula is C23H21ClN2O6S. The van der Waals surface area contributed by atoms with Crippen molar-refractivity contribution in [3.8, 4) is 17.2 Å². The average molecular weight is 489 g/mol. The van der Waals surface area contributed by atoms with Crippen LogP contribution in [0.4, 0.5) is 0 Å². The maximum absolute atomic E-state index is 12.5. The second kappa shape index (κ2) is 10.8. The first kappa shape index (κ1) is 24.1. The van der Waals surface area contributed by atoms with Gasteiger partial charge in [0, 0.05) is 16.1 Å². The molecule has 0 spiro atoms. The molecule has 3 aromatic carbocycles. The van der Waals surface area contributed by atoms with E-state index in [0.717, 1.165) is 0 Å². The van der Waals surface area contributed by atoms with E-state index in [4.69, 9.17) is 25.3 Å². The van der Waals surface area contributed by atoms with E-state index in [1.54, 1.807) is 30.3 Å². The molecular weight excluding hydrogens is 468 g/mol. The van der Waals surface area contributed by atoms with Crippen molar-refractivity contribution in [3.63, 3.8) is 0 Å². The first-order valence-corrected chi connectivity index (χ1v) is 11.6. The number of nitrogens with one attached hydrogen (secondary N) is 1. The van der Waals surface area contributed by atoms with Crippen molar-refractivity contribution in [3.05, 3.63) is 82.9 Å². The van der Waals surface area contributed by atoms with Gasteiger partial charge in [0.15, 0.2) is 17.2 Å². The minimum atomic E-state index is -4.07. The van der Waals surface area contributed by atoms with Crippen molar-refractivity contribution in [2.24, 2.45) is 5.10 Å². The van der Waals surface area contributed by atoms with Gasteiger partial charge in [-0.1, -0.05) is 29.8 Å². The van der Waals surface area contributed by atoms with Crippen LogP contribution in [0.1, 0.15) is 22.8 Å². The smallest absolute Gasteiger partial charge is 0.339 e. The highest BCUT2D eigenvalue weighted by atomic mass is 35.5. The number of methoxy groups -OCH3 is 1. The van der Waals surface area contributed by atoms with E-state index in [9.17, 15) is 13.2 Å². The van der Waals surface area contributed by atoms with Gasteiger partial charge in [0.05, 0.1) is 19.9 Å². The molecule has 33 heavy (non-hydrogen) atoms. The van der Waals surface area contributed by atoms with E-state index in [1.165, 1.54) is 49.7 Å². The Hall–Kier alpha value is -3.56. The lowest BCUT2D eigenvalue weighted by molar-refractivity contribution is 0.0954. The van der Waals surface area contributed by atoms with Gasteiger partial charge in [0.2, 0.25) is 0 Å². The molecule has 8 nitrogen and oxygen atoms in total. The number of hydrazone groups is 1. The summed E-state index contributed by atoms with van der Waals surface area (Å²) >= 11 is 6.04. The van der Waals surface area contributed by atoms with Crippen LogP contribution in [0.25, 0.3) is 0 Å². The molecule has 0 saturated carbocycles. The molecule has 0 radical (unpaired) electrons. The summed E-state index contributed by atoms with van der Waals surface area (Å²) in [4.78, 5) is 12.5. The van der Waals surface area contributed by atoms with Gasteiger partial charge in [0.25, 0.3) is 5.91 Å². The summed E-state index contributed by atoms with van der Waals surface area (Å²) in [6.07, 6.45) is 1.24. The number of carbonyl (C=O) groups excluding carboxylic acids is 1. The van der Waals surface area contributed by atoms with Crippen molar-refractivity contribution in [1.29, 1.82) is 0 Å². The Labute approximate surface area is 196 Å². The maximum atomic E-state index is 12.5. The van der Waals surface area contributed by atoms with Gasteiger partial charge in [-0.2, -0.15) is 13.5 Å². The van der Waals surface area contributed by atoms with E-state index < -0.39 is 16.0 Å². The van der Waals surface area contributed by atoms with Gasteiger partial charge < -0.3 is 13.7 Å². The van der Waals surface area contributed by atoms with Crippen molar-refractivity contribution in [1.82, 2.24) is 5.43 Å². The topological polar surface area (TPSA) is 103 Å². The van der Waals surface area contributed by atoms with Crippen LogP contribution in [0.3, 0.4) is 0 Å². The molecule has 3 rings (SSSR count). The number of ether oxygens (including phenoxy) is 2. The molecule has 3 aromatic rings. The zero-order chi connectivity index (χ0) is 23.8. The second-order valence-corrected chi connectivity index (χ2v) is 8.51. The number of halogens is 1. The summed E-state index contributed by atoms with van der Waals surface area (Å²) in [6, 6.07) is 16.8. The quantitative estimate of drug-likeness (QED) is 0.274. The molecule has 0 atom stereocenters. The lowest BCUT2D eigenvalue weighted by Crippen LogP contribution is -2.18. The van der Waals surface area contributed by atoms with Crippen LogP contribution >= 0.6 is 11.6 Å². The third-order valence-electron chi connectivity index (χ3n) is 4.30. The average Bonchev–Trinajstić information content (AvgIpc) is 2.81. The third kappa shape index (κ3) is 6.24. The van der Waals surface area contributed by atoms with E-state index in [-0.39, 0.29) is 16.2 Å². The Morgan fingerprint density at radius 3 is 2.45 bits per heavy atom. The van der Waals surface area contributed by atoms with Gasteiger partial charge in [-0.25, -0.2) is 5.43 Å². The molecule has 0 aliphatic carbocycles. The molecule has 1 amide bonds. The van der Waals surface area contributed by atoms with Gasteiger partial charge in [-0.3, -0.25) is 4.79 Å². The van der Waals surface area contributed by atoms with E-state index in [0.29, 0.717) is 28.7 Å². The Bertz CT molecular complexity index is 1260. The Morgan fingerprint density at radius 2 is 1.76 bits per heavy atom. The van der Waals surface area contributed by atoms with E-state index in [2.05, 4.69) is 10.5 Å². The molecule has 172 valence electrons. The summed E-state index contributed by atoms with van der Waals surface area (Å²) in [5.41, 5.74) is 2.93. The molecule has 1 N–H and O–H groups in total. The molecule has 10 heteroatoms. The van der Waals surface area contributed by atoms with Gasteiger partial charge in [-0.05, 0) is 55.5 Å². The van der Waals surface area contributed by atoms with Gasteiger partial charge in [-0.15, -0.1) is 0 Å². The fraction of sp³-hybridized carbons (Fsp3) is 0.130. The number of nitrogens with zero attached hydrogens (tertiary/aromatic N) is 1. The summed E-state index contributed by atoms with van der Waals surface area (Å²) in [5.74, 6) is 0.420. The van der Waals surface area contributed by atoms with Crippen LogP contribution in [-0.2, 0) is 10.1 Å². The largest absolute Gasteiger partial charge is 0.493 e. The molecule has 0 bridgehead atoms. The first-order chi connectivity index (χ1) is 15.8. The Morgan fingerprint density at radius 1 is 1.03 bits per heavy atom. The molecule has 0 aromatic heterocycles. The number of rotatable bonds is 9. The van der Waals surface area contributed by atoms with Crippen molar-refractivity contribution in [2.45, 2.75) is 11.8 Å². The van der Waals surface area contributed by atoms with Crippen LogP contribution < -0.4 is 19.1 Å². The molecule has 0 aliphatic heterocycles. The van der Waals surface area contributed by atoms with Gasteiger partial charge in [0.1, 0.15) is 4.90 Å². The fourth-order valence-corrected chi connectivity index (χ4v) is 3.91. The van der Waals surface area contributed by atoms with Crippen LogP contribution in [-0.4, -0.2) is 34.3 Å². The van der Waals surface area contributed by atoms with Crippen molar-refractivity contribution < 1.29 is 26.9 Å². The highest BCUT2D eigenvalue weighted by molar-refractivity contribution is 7.87. The van der Waals surface area contributed by atoms with Gasteiger partial charge >= 0.3 is 10.1 Å². The Kier molecular flexibility index (Phi) is 7.92. The highest BCUT2D eigenvalue weighted by Gasteiger charge is 2.18. The van der Waals surface area contributed by atoms with Crippen LogP contribution in [0.5, 0.6) is 17.2 Å². The lowest BCUT2D eigenvalue weighted by atomic mass is 10.2.